The summed E-state index contributed by atoms with van der Waals surface area (Å²) in [6.45, 7) is 3.56. The van der Waals surface area contributed by atoms with Gasteiger partial charge in [-0.05, 0) is 25.0 Å². The van der Waals surface area contributed by atoms with Crippen molar-refractivity contribution in [3.63, 3.8) is 0 Å². The van der Waals surface area contributed by atoms with Gasteiger partial charge in [0.15, 0.2) is 0 Å². The largest absolute Gasteiger partial charge is 0.459 e. The third-order valence-electron chi connectivity index (χ3n) is 2.89. The van der Waals surface area contributed by atoms with Gasteiger partial charge in [-0.15, -0.1) is 0 Å². The third kappa shape index (κ3) is 3.10. The fourth-order valence-corrected chi connectivity index (χ4v) is 1.93. The summed E-state index contributed by atoms with van der Waals surface area (Å²) < 4.78 is 11.3. The van der Waals surface area contributed by atoms with Gasteiger partial charge in [-0.2, -0.15) is 0 Å². The first-order valence-corrected chi connectivity index (χ1v) is 6.37. The van der Waals surface area contributed by atoms with E-state index in [2.05, 4.69) is 12.3 Å². The van der Waals surface area contributed by atoms with Gasteiger partial charge >= 0.3 is 0 Å². The van der Waals surface area contributed by atoms with E-state index >= 15 is 0 Å². The minimum atomic E-state index is -0.00532. The van der Waals surface area contributed by atoms with Gasteiger partial charge in [-0.1, -0.05) is 25.1 Å². The first-order chi connectivity index (χ1) is 8.85. The van der Waals surface area contributed by atoms with Gasteiger partial charge in [0.05, 0.1) is 6.04 Å². The zero-order valence-corrected chi connectivity index (χ0v) is 10.7. The fraction of sp³-hybridized carbons (Fsp3) is 0.429. The minimum absolute atomic E-state index is 0.00532. The summed E-state index contributed by atoms with van der Waals surface area (Å²) in [4.78, 5) is 0. The number of nitrogens with two attached hydrogens (primary N) is 1. The van der Waals surface area contributed by atoms with Crippen LogP contribution in [0.5, 0.6) is 0 Å². The number of nitrogens with one attached hydrogen (secondary N) is 1. The average molecular weight is 248 g/mol. The van der Waals surface area contributed by atoms with E-state index in [0.29, 0.717) is 6.61 Å². The number of benzene rings is 1. The van der Waals surface area contributed by atoms with Crippen LogP contribution in [0.1, 0.15) is 31.6 Å². The number of hydrogen-bond acceptors (Lipinski definition) is 4. The van der Waals surface area contributed by atoms with E-state index in [1.165, 1.54) is 0 Å². The fourth-order valence-electron chi connectivity index (χ4n) is 1.93. The first kappa shape index (κ1) is 13.1. The van der Waals surface area contributed by atoms with Crippen LogP contribution in [0.15, 0.2) is 34.7 Å². The molecule has 0 fully saturated rings. The number of hydrogen-bond donors (Lipinski definition) is 2. The van der Waals surface area contributed by atoms with Crippen molar-refractivity contribution in [2.75, 3.05) is 13.2 Å². The topological polar surface area (TPSA) is 60.4 Å². The van der Waals surface area contributed by atoms with Crippen molar-refractivity contribution in [2.24, 2.45) is 5.84 Å². The Morgan fingerprint density at radius 2 is 2.17 bits per heavy atom. The van der Waals surface area contributed by atoms with E-state index in [4.69, 9.17) is 15.0 Å². The molecule has 0 aliphatic carbocycles. The highest BCUT2D eigenvalue weighted by molar-refractivity contribution is 5.77. The highest BCUT2D eigenvalue weighted by Crippen LogP contribution is 2.25. The molecule has 4 nitrogen and oxygen atoms in total. The van der Waals surface area contributed by atoms with Gasteiger partial charge in [0.1, 0.15) is 11.3 Å². The molecule has 0 saturated heterocycles. The number of ether oxygens (including phenoxy) is 1. The maximum Gasteiger partial charge on any atom is 0.134 e. The summed E-state index contributed by atoms with van der Waals surface area (Å²) in [6.07, 6.45) is 1.83. The zero-order chi connectivity index (χ0) is 12.8. The summed E-state index contributed by atoms with van der Waals surface area (Å²) in [6, 6.07) is 9.97. The lowest BCUT2D eigenvalue weighted by atomic mass is 10.1. The second kappa shape index (κ2) is 6.54. The number of hydrazine groups is 1. The Balaban J connectivity index is 2.02. The molecular formula is C14H20N2O2. The number of fused-ring (bicyclic) bond motifs is 1. The summed E-state index contributed by atoms with van der Waals surface area (Å²) in [7, 11) is 0. The maximum absolute atomic E-state index is 5.78. The van der Waals surface area contributed by atoms with Gasteiger partial charge in [-0.25, -0.2) is 5.43 Å². The molecule has 3 N–H and O–H groups in total. The predicted molar refractivity (Wildman–Crippen MR) is 72.0 cm³/mol. The van der Waals surface area contributed by atoms with Gasteiger partial charge in [-0.3, -0.25) is 5.84 Å². The van der Waals surface area contributed by atoms with E-state index in [0.717, 1.165) is 36.2 Å². The number of para-hydroxylation sites is 1. The predicted octanol–water partition coefficient (Wildman–Crippen LogP) is 2.75. The molecule has 18 heavy (non-hydrogen) atoms. The van der Waals surface area contributed by atoms with Crippen LogP contribution in [0.3, 0.4) is 0 Å². The Morgan fingerprint density at radius 3 is 2.89 bits per heavy atom. The Bertz CT molecular complexity index is 448. The van der Waals surface area contributed by atoms with Crippen molar-refractivity contribution in [1.29, 1.82) is 0 Å². The molecule has 98 valence electrons. The molecule has 2 rings (SSSR count). The van der Waals surface area contributed by atoms with Crippen LogP contribution in [0, 0.1) is 0 Å². The van der Waals surface area contributed by atoms with Gasteiger partial charge < -0.3 is 9.15 Å². The second-order valence-corrected chi connectivity index (χ2v) is 4.31. The van der Waals surface area contributed by atoms with Gasteiger partial charge in [0.2, 0.25) is 0 Å². The lowest BCUT2D eigenvalue weighted by Gasteiger charge is -2.12. The summed E-state index contributed by atoms with van der Waals surface area (Å²) in [5.74, 6) is 6.44. The Labute approximate surface area is 107 Å². The molecule has 0 bridgehead atoms. The lowest BCUT2D eigenvalue weighted by molar-refractivity contribution is 0.122. The number of rotatable bonds is 7. The SMILES string of the molecule is CCCOCCC(NN)c1cc2ccccc2o1. The molecule has 0 saturated carbocycles. The smallest absolute Gasteiger partial charge is 0.134 e. The van der Waals surface area contributed by atoms with E-state index in [-0.39, 0.29) is 6.04 Å². The lowest BCUT2D eigenvalue weighted by Crippen LogP contribution is -2.28. The molecule has 0 spiro atoms. The Kier molecular flexibility index (Phi) is 4.75. The summed E-state index contributed by atoms with van der Waals surface area (Å²) >= 11 is 0. The first-order valence-electron chi connectivity index (χ1n) is 6.37. The monoisotopic (exact) mass is 248 g/mol. The molecule has 2 aromatic rings. The Morgan fingerprint density at radius 1 is 1.33 bits per heavy atom. The van der Waals surface area contributed by atoms with Crippen LogP contribution in [0.4, 0.5) is 0 Å². The van der Waals surface area contributed by atoms with E-state index in [1.54, 1.807) is 0 Å². The third-order valence-corrected chi connectivity index (χ3v) is 2.89. The summed E-state index contributed by atoms with van der Waals surface area (Å²) in [5.41, 5.74) is 3.67. The van der Waals surface area contributed by atoms with Crippen molar-refractivity contribution < 1.29 is 9.15 Å². The molecule has 1 unspecified atom stereocenters. The molecule has 1 aromatic heterocycles. The molecule has 0 radical (unpaired) electrons. The zero-order valence-electron chi connectivity index (χ0n) is 10.7. The van der Waals surface area contributed by atoms with Crippen LogP contribution in [-0.2, 0) is 4.74 Å². The van der Waals surface area contributed by atoms with E-state index < -0.39 is 0 Å². The van der Waals surface area contributed by atoms with Crippen molar-refractivity contribution in [2.45, 2.75) is 25.8 Å². The highest BCUT2D eigenvalue weighted by Gasteiger charge is 2.14. The quantitative estimate of drug-likeness (QED) is 0.449. The van der Waals surface area contributed by atoms with E-state index in [1.807, 2.05) is 30.3 Å². The normalized spacial score (nSPS) is 13.0. The van der Waals surface area contributed by atoms with Crippen LogP contribution in [-0.4, -0.2) is 13.2 Å². The number of furan rings is 1. The standard InChI is InChI=1S/C14H20N2O2/c1-2-8-17-9-7-12(16-15)14-10-11-5-3-4-6-13(11)18-14/h3-6,10,12,16H,2,7-9,15H2,1H3. The van der Waals surface area contributed by atoms with Gasteiger partial charge in [0, 0.05) is 18.6 Å². The highest BCUT2D eigenvalue weighted by atomic mass is 16.5. The van der Waals surface area contributed by atoms with Crippen LogP contribution >= 0.6 is 0 Å². The van der Waals surface area contributed by atoms with Crippen molar-refractivity contribution in [3.05, 3.63) is 36.1 Å². The molecule has 4 heteroatoms. The van der Waals surface area contributed by atoms with Crippen molar-refractivity contribution >= 4 is 11.0 Å². The summed E-state index contributed by atoms with van der Waals surface area (Å²) in [5, 5.41) is 1.10. The average Bonchev–Trinajstić information content (AvgIpc) is 2.82. The minimum Gasteiger partial charge on any atom is -0.459 e. The Hall–Kier alpha value is -1.36. The molecule has 0 aliphatic heterocycles. The van der Waals surface area contributed by atoms with Crippen molar-refractivity contribution in [3.8, 4) is 0 Å². The van der Waals surface area contributed by atoms with Gasteiger partial charge in [0.25, 0.3) is 0 Å². The molecule has 1 aromatic carbocycles. The maximum atomic E-state index is 5.78. The second-order valence-electron chi connectivity index (χ2n) is 4.31. The van der Waals surface area contributed by atoms with Crippen molar-refractivity contribution in [1.82, 2.24) is 5.43 Å². The van der Waals surface area contributed by atoms with Crippen LogP contribution in [0.25, 0.3) is 11.0 Å². The molecule has 0 amide bonds. The molecule has 1 heterocycles. The van der Waals surface area contributed by atoms with E-state index in [9.17, 15) is 0 Å². The molecule has 0 aliphatic rings. The molecular weight excluding hydrogens is 228 g/mol. The molecule has 1 atom stereocenters. The van der Waals surface area contributed by atoms with Crippen LogP contribution < -0.4 is 11.3 Å². The van der Waals surface area contributed by atoms with Crippen LogP contribution in [0.2, 0.25) is 0 Å².